The lowest BCUT2D eigenvalue weighted by molar-refractivity contribution is 0.170. The highest BCUT2D eigenvalue weighted by Gasteiger charge is 2.38. The Hall–Kier alpha value is -1.90. The van der Waals surface area contributed by atoms with Crippen molar-refractivity contribution in [2.45, 2.75) is 30.8 Å². The van der Waals surface area contributed by atoms with Crippen LogP contribution >= 0.6 is 0 Å². The van der Waals surface area contributed by atoms with Gasteiger partial charge in [-0.25, -0.2) is 13.4 Å². The lowest BCUT2D eigenvalue weighted by Gasteiger charge is -2.33. The average Bonchev–Trinajstić information content (AvgIpc) is 2.93. The fraction of sp³-hybridized carbons (Fsp3) is 0.438. The van der Waals surface area contributed by atoms with Crippen LogP contribution in [0.4, 0.5) is 0 Å². The van der Waals surface area contributed by atoms with Crippen LogP contribution in [0.15, 0.2) is 29.4 Å². The number of aliphatic hydroxyl groups excluding tert-OH is 1. The van der Waals surface area contributed by atoms with E-state index in [4.69, 9.17) is 4.74 Å². The van der Waals surface area contributed by atoms with Crippen molar-refractivity contribution in [2.24, 2.45) is 7.05 Å². The summed E-state index contributed by atoms with van der Waals surface area (Å²) in [6.07, 6.45) is 2.09. The fourth-order valence-electron chi connectivity index (χ4n) is 3.05. The summed E-state index contributed by atoms with van der Waals surface area (Å²) in [7, 11) is -0.500. The minimum atomic E-state index is -3.82. The van der Waals surface area contributed by atoms with Crippen LogP contribution in [0.25, 0.3) is 0 Å². The quantitative estimate of drug-likeness (QED) is 0.883. The zero-order valence-corrected chi connectivity index (χ0v) is 14.7. The summed E-state index contributed by atoms with van der Waals surface area (Å²) < 4.78 is 34.8. The molecule has 1 aromatic carbocycles. The Balaban J connectivity index is 2.06. The van der Waals surface area contributed by atoms with Crippen molar-refractivity contribution in [2.75, 3.05) is 13.7 Å². The molecule has 2 aromatic rings. The summed E-state index contributed by atoms with van der Waals surface area (Å²) >= 11 is 0. The first-order valence-corrected chi connectivity index (χ1v) is 9.09. The predicted octanol–water partition coefficient (Wildman–Crippen LogP) is 0.845. The number of hydrogen-bond acceptors (Lipinski definition) is 5. The number of methoxy groups -OCH3 is 1. The Labute approximate surface area is 141 Å². The number of benzene rings is 1. The van der Waals surface area contributed by atoms with Gasteiger partial charge in [0.15, 0.2) is 0 Å². The third-order valence-corrected chi connectivity index (χ3v) is 6.34. The van der Waals surface area contributed by atoms with Gasteiger partial charge in [-0.3, -0.25) is 0 Å². The lowest BCUT2D eigenvalue weighted by Crippen LogP contribution is -2.46. The van der Waals surface area contributed by atoms with Gasteiger partial charge >= 0.3 is 0 Å². The van der Waals surface area contributed by atoms with Crippen LogP contribution in [0.2, 0.25) is 0 Å². The molecule has 1 aromatic heterocycles. The van der Waals surface area contributed by atoms with Crippen molar-refractivity contribution in [3.05, 3.63) is 41.5 Å². The third kappa shape index (κ3) is 2.70. The highest BCUT2D eigenvalue weighted by molar-refractivity contribution is 7.89. The van der Waals surface area contributed by atoms with Crippen molar-refractivity contribution in [3.63, 3.8) is 0 Å². The summed E-state index contributed by atoms with van der Waals surface area (Å²) in [6, 6.07) is 4.45. The number of ether oxygens (including phenoxy) is 1. The van der Waals surface area contributed by atoms with Gasteiger partial charge in [0.05, 0.1) is 38.3 Å². The first-order chi connectivity index (χ1) is 11.4. The second kappa shape index (κ2) is 6.19. The molecule has 0 saturated heterocycles. The van der Waals surface area contributed by atoms with Crippen LogP contribution in [-0.4, -0.2) is 47.1 Å². The molecule has 0 spiro atoms. The minimum absolute atomic E-state index is 0.105. The summed E-state index contributed by atoms with van der Waals surface area (Å²) in [5.74, 6) is 0.304. The Morgan fingerprint density at radius 3 is 2.83 bits per heavy atom. The van der Waals surface area contributed by atoms with Crippen LogP contribution in [0.1, 0.15) is 17.0 Å². The van der Waals surface area contributed by atoms with Crippen molar-refractivity contribution < 1.29 is 18.3 Å². The fourth-order valence-corrected chi connectivity index (χ4v) is 4.77. The zero-order chi connectivity index (χ0) is 17.5. The molecule has 0 saturated carbocycles. The Morgan fingerprint density at radius 1 is 1.42 bits per heavy atom. The van der Waals surface area contributed by atoms with E-state index in [1.165, 1.54) is 11.4 Å². The maximum atomic E-state index is 13.2. The number of fused-ring (bicyclic) bond motifs is 1. The molecule has 0 amide bonds. The molecule has 1 aliphatic rings. The van der Waals surface area contributed by atoms with Gasteiger partial charge in [-0.1, -0.05) is 6.07 Å². The number of sulfonamides is 1. The highest BCUT2D eigenvalue weighted by Crippen LogP contribution is 2.32. The normalized spacial score (nSPS) is 18.4. The van der Waals surface area contributed by atoms with Gasteiger partial charge in [-0.05, 0) is 24.6 Å². The first-order valence-electron chi connectivity index (χ1n) is 7.65. The van der Waals surface area contributed by atoms with E-state index in [0.29, 0.717) is 12.2 Å². The maximum Gasteiger partial charge on any atom is 0.247 e. The number of rotatable bonds is 4. The van der Waals surface area contributed by atoms with Gasteiger partial charge in [0.1, 0.15) is 10.6 Å². The molecule has 2 heterocycles. The van der Waals surface area contributed by atoms with E-state index in [0.717, 1.165) is 17.0 Å². The Kier molecular flexibility index (Phi) is 4.37. The smallest absolute Gasteiger partial charge is 0.247 e. The molecule has 7 nitrogen and oxygen atoms in total. The van der Waals surface area contributed by atoms with E-state index >= 15 is 0 Å². The molecule has 0 radical (unpaired) electrons. The van der Waals surface area contributed by atoms with E-state index in [2.05, 4.69) is 4.98 Å². The molecule has 1 atom stereocenters. The number of aromatic nitrogens is 2. The SMILES string of the molecule is COc1cc(C)ccc1S(=O)(=O)N1Cc2ncn(C)c2C[C@H]1CO. The van der Waals surface area contributed by atoms with E-state index in [9.17, 15) is 13.5 Å². The number of nitrogens with zero attached hydrogens (tertiary/aromatic N) is 3. The van der Waals surface area contributed by atoms with Crippen LogP contribution in [0.3, 0.4) is 0 Å². The Morgan fingerprint density at radius 2 is 2.17 bits per heavy atom. The molecule has 0 unspecified atom stereocenters. The second-order valence-corrected chi connectivity index (χ2v) is 7.85. The van der Waals surface area contributed by atoms with Crippen LogP contribution < -0.4 is 4.74 Å². The number of imidazole rings is 1. The average molecular weight is 351 g/mol. The van der Waals surface area contributed by atoms with Crippen molar-refractivity contribution >= 4 is 10.0 Å². The molecular weight excluding hydrogens is 330 g/mol. The topological polar surface area (TPSA) is 84.7 Å². The van der Waals surface area contributed by atoms with Crippen molar-refractivity contribution in [1.29, 1.82) is 0 Å². The zero-order valence-electron chi connectivity index (χ0n) is 13.9. The van der Waals surface area contributed by atoms with Crippen molar-refractivity contribution in [1.82, 2.24) is 13.9 Å². The van der Waals surface area contributed by atoms with Gasteiger partial charge in [-0.2, -0.15) is 4.31 Å². The third-order valence-electron chi connectivity index (χ3n) is 4.40. The van der Waals surface area contributed by atoms with Gasteiger partial charge in [-0.15, -0.1) is 0 Å². The number of hydrogen-bond donors (Lipinski definition) is 1. The molecule has 130 valence electrons. The molecule has 1 aliphatic heterocycles. The molecular formula is C16H21N3O4S. The molecule has 1 N–H and O–H groups in total. The molecule has 8 heteroatoms. The maximum absolute atomic E-state index is 13.2. The van der Waals surface area contributed by atoms with Gasteiger partial charge < -0.3 is 14.4 Å². The molecule has 0 aliphatic carbocycles. The Bertz CT molecular complexity index is 860. The largest absolute Gasteiger partial charge is 0.495 e. The summed E-state index contributed by atoms with van der Waals surface area (Å²) in [4.78, 5) is 4.39. The highest BCUT2D eigenvalue weighted by atomic mass is 32.2. The van der Waals surface area contributed by atoms with Gasteiger partial charge in [0, 0.05) is 19.2 Å². The summed E-state index contributed by atoms with van der Waals surface area (Å²) in [5, 5.41) is 9.73. The minimum Gasteiger partial charge on any atom is -0.495 e. The van der Waals surface area contributed by atoms with Crippen LogP contribution in [0.5, 0.6) is 5.75 Å². The van der Waals surface area contributed by atoms with Crippen LogP contribution in [0, 0.1) is 6.92 Å². The summed E-state index contributed by atoms with van der Waals surface area (Å²) in [6.45, 7) is 1.76. The molecule has 3 rings (SSSR count). The summed E-state index contributed by atoms with van der Waals surface area (Å²) in [5.41, 5.74) is 2.59. The molecule has 24 heavy (non-hydrogen) atoms. The number of aryl methyl sites for hydroxylation is 2. The standard InChI is InChI=1S/C16H21N3O4S/c1-11-4-5-16(15(6-11)23-3)24(21,22)19-8-13-14(7-12(19)9-20)18(2)10-17-13/h4-6,10,12,20H,7-9H2,1-3H3/t12-/m0/s1. The first kappa shape index (κ1) is 16.9. The van der Waals surface area contributed by atoms with E-state index < -0.39 is 16.1 Å². The second-order valence-electron chi connectivity index (χ2n) is 5.99. The van der Waals surface area contributed by atoms with Gasteiger partial charge in [0.2, 0.25) is 10.0 Å². The predicted molar refractivity (Wildman–Crippen MR) is 88.2 cm³/mol. The van der Waals surface area contributed by atoms with Crippen LogP contribution in [-0.2, 0) is 30.0 Å². The lowest BCUT2D eigenvalue weighted by atomic mass is 10.1. The van der Waals surface area contributed by atoms with E-state index in [1.807, 2.05) is 18.5 Å². The molecule has 0 fully saturated rings. The van der Waals surface area contributed by atoms with Gasteiger partial charge in [0.25, 0.3) is 0 Å². The monoisotopic (exact) mass is 351 g/mol. The number of aliphatic hydroxyl groups is 1. The molecule has 0 bridgehead atoms. The van der Waals surface area contributed by atoms with E-state index in [1.54, 1.807) is 24.5 Å². The van der Waals surface area contributed by atoms with Crippen molar-refractivity contribution in [3.8, 4) is 5.75 Å². The van der Waals surface area contributed by atoms with E-state index in [-0.39, 0.29) is 18.0 Å².